The molecule has 2 unspecified atom stereocenters. The molecule has 0 aromatic rings. The SMILES string of the molecule is CCCCCCC(C)OC(=O)C(C(=O)O)(C(C)C)C(C)(C)C. The van der Waals surface area contributed by atoms with Crippen molar-refractivity contribution in [2.75, 3.05) is 0 Å². The average Bonchev–Trinajstić information content (AvgIpc) is 2.32. The largest absolute Gasteiger partial charge is 0.480 e. The molecule has 0 aliphatic heterocycles. The summed E-state index contributed by atoms with van der Waals surface area (Å²) in [5.41, 5.74) is -2.24. The van der Waals surface area contributed by atoms with E-state index in [1.165, 1.54) is 6.42 Å². The first-order valence-corrected chi connectivity index (χ1v) is 8.46. The Morgan fingerprint density at radius 3 is 1.95 bits per heavy atom. The van der Waals surface area contributed by atoms with Gasteiger partial charge in [-0.25, -0.2) is 0 Å². The van der Waals surface area contributed by atoms with Gasteiger partial charge in [-0.3, -0.25) is 9.59 Å². The summed E-state index contributed by atoms with van der Waals surface area (Å²) in [6, 6.07) is 0. The van der Waals surface area contributed by atoms with E-state index in [-0.39, 0.29) is 12.0 Å². The summed E-state index contributed by atoms with van der Waals surface area (Å²) in [5, 5.41) is 9.76. The van der Waals surface area contributed by atoms with Crippen molar-refractivity contribution in [1.82, 2.24) is 0 Å². The van der Waals surface area contributed by atoms with Crippen molar-refractivity contribution >= 4 is 11.9 Å². The first-order valence-electron chi connectivity index (χ1n) is 8.46. The number of carboxylic acids is 1. The van der Waals surface area contributed by atoms with E-state index in [0.29, 0.717) is 0 Å². The number of hydrogen-bond acceptors (Lipinski definition) is 3. The highest BCUT2D eigenvalue weighted by molar-refractivity contribution is 6.00. The van der Waals surface area contributed by atoms with Gasteiger partial charge in [0, 0.05) is 0 Å². The topological polar surface area (TPSA) is 63.6 Å². The van der Waals surface area contributed by atoms with Crippen molar-refractivity contribution < 1.29 is 19.4 Å². The Labute approximate surface area is 135 Å². The van der Waals surface area contributed by atoms with Crippen molar-refractivity contribution in [3.63, 3.8) is 0 Å². The van der Waals surface area contributed by atoms with Gasteiger partial charge < -0.3 is 9.84 Å². The third-order valence-corrected chi connectivity index (χ3v) is 4.48. The molecule has 0 aromatic carbocycles. The lowest BCUT2D eigenvalue weighted by atomic mass is 9.60. The molecule has 22 heavy (non-hydrogen) atoms. The van der Waals surface area contributed by atoms with Gasteiger partial charge >= 0.3 is 11.9 Å². The summed E-state index contributed by atoms with van der Waals surface area (Å²) in [5.74, 6) is -2.05. The monoisotopic (exact) mass is 314 g/mol. The highest BCUT2D eigenvalue weighted by Crippen LogP contribution is 2.46. The number of carbonyl (C=O) groups is 2. The van der Waals surface area contributed by atoms with Gasteiger partial charge in [-0.2, -0.15) is 0 Å². The quantitative estimate of drug-likeness (QED) is 0.382. The molecule has 4 heteroatoms. The molecule has 1 N–H and O–H groups in total. The molecule has 2 atom stereocenters. The lowest BCUT2D eigenvalue weighted by Crippen LogP contribution is -2.54. The second kappa shape index (κ2) is 8.54. The number of aliphatic carboxylic acids is 1. The third-order valence-electron chi connectivity index (χ3n) is 4.48. The van der Waals surface area contributed by atoms with Crippen LogP contribution in [0.15, 0.2) is 0 Å². The van der Waals surface area contributed by atoms with Crippen LogP contribution >= 0.6 is 0 Å². The predicted octanol–water partition coefficient (Wildman–Crippen LogP) is 4.66. The third kappa shape index (κ3) is 4.72. The molecule has 0 aromatic heterocycles. The molecule has 0 aliphatic carbocycles. The van der Waals surface area contributed by atoms with Crippen LogP contribution in [-0.2, 0) is 14.3 Å². The maximum atomic E-state index is 12.7. The minimum atomic E-state index is -1.52. The highest BCUT2D eigenvalue weighted by atomic mass is 16.5. The van der Waals surface area contributed by atoms with Crippen molar-refractivity contribution in [2.24, 2.45) is 16.7 Å². The summed E-state index contributed by atoms with van der Waals surface area (Å²) < 4.78 is 5.53. The normalized spacial score (nSPS) is 16.2. The minimum absolute atomic E-state index is 0.246. The number of rotatable bonds is 9. The summed E-state index contributed by atoms with van der Waals surface area (Å²) in [4.78, 5) is 24.6. The fraction of sp³-hybridized carbons (Fsp3) is 0.889. The summed E-state index contributed by atoms with van der Waals surface area (Å²) in [6.45, 7) is 12.9. The van der Waals surface area contributed by atoms with E-state index in [0.717, 1.165) is 25.7 Å². The zero-order valence-electron chi connectivity index (χ0n) is 15.4. The van der Waals surface area contributed by atoms with Crippen LogP contribution in [0.2, 0.25) is 0 Å². The molecule has 0 aliphatic rings. The van der Waals surface area contributed by atoms with Gasteiger partial charge in [0.2, 0.25) is 0 Å². The standard InChI is InChI=1S/C18H34O4/c1-8-9-10-11-12-14(4)22-16(21)18(13(2)3,15(19)20)17(5,6)7/h13-14H,8-12H2,1-7H3,(H,19,20). The second-order valence-electron chi connectivity index (χ2n) is 7.58. The van der Waals surface area contributed by atoms with E-state index in [1.807, 2.05) is 6.92 Å². The molecule has 0 bridgehead atoms. The van der Waals surface area contributed by atoms with Crippen molar-refractivity contribution in [1.29, 1.82) is 0 Å². The van der Waals surface area contributed by atoms with Gasteiger partial charge in [-0.15, -0.1) is 0 Å². The highest BCUT2D eigenvalue weighted by Gasteiger charge is 2.58. The fourth-order valence-corrected chi connectivity index (χ4v) is 3.26. The van der Waals surface area contributed by atoms with Crippen molar-refractivity contribution in [3.05, 3.63) is 0 Å². The maximum absolute atomic E-state index is 12.7. The molecule has 0 spiro atoms. The molecule has 0 amide bonds. The van der Waals surface area contributed by atoms with Crippen molar-refractivity contribution in [2.45, 2.75) is 86.7 Å². The Balaban J connectivity index is 5.04. The molecular weight excluding hydrogens is 280 g/mol. The van der Waals surface area contributed by atoms with Crippen LogP contribution in [0.3, 0.4) is 0 Å². The van der Waals surface area contributed by atoms with Crippen molar-refractivity contribution in [3.8, 4) is 0 Å². The van der Waals surface area contributed by atoms with E-state index in [2.05, 4.69) is 6.92 Å². The lowest BCUT2D eigenvalue weighted by molar-refractivity contribution is -0.186. The van der Waals surface area contributed by atoms with Gasteiger partial charge in [0.15, 0.2) is 5.41 Å². The van der Waals surface area contributed by atoms with Gasteiger partial charge in [0.25, 0.3) is 0 Å². The number of carbonyl (C=O) groups excluding carboxylic acids is 1. The van der Waals surface area contributed by atoms with Crippen LogP contribution < -0.4 is 0 Å². The number of carboxylic acid groups (broad SMARTS) is 1. The number of hydrogen-bond donors (Lipinski definition) is 1. The summed E-state index contributed by atoms with van der Waals surface area (Å²) in [7, 11) is 0. The molecular formula is C18H34O4. The van der Waals surface area contributed by atoms with Crippen LogP contribution in [-0.4, -0.2) is 23.1 Å². The van der Waals surface area contributed by atoms with E-state index in [1.54, 1.807) is 34.6 Å². The Bertz CT molecular complexity index is 368. The van der Waals surface area contributed by atoms with E-state index in [9.17, 15) is 14.7 Å². The molecule has 0 radical (unpaired) electrons. The zero-order valence-corrected chi connectivity index (χ0v) is 15.4. The molecule has 4 nitrogen and oxygen atoms in total. The first kappa shape index (κ1) is 20.9. The van der Waals surface area contributed by atoms with Gasteiger partial charge in [0.05, 0.1) is 6.10 Å². The predicted molar refractivity (Wildman–Crippen MR) is 88.7 cm³/mol. The summed E-state index contributed by atoms with van der Waals surface area (Å²) in [6.07, 6.45) is 4.99. The maximum Gasteiger partial charge on any atom is 0.324 e. The van der Waals surface area contributed by atoms with Crippen LogP contribution in [0.5, 0.6) is 0 Å². The molecule has 130 valence electrons. The molecule has 0 heterocycles. The smallest absolute Gasteiger partial charge is 0.324 e. The first-order chi connectivity index (χ1) is 10.0. The number of ether oxygens (including phenoxy) is 1. The van der Waals surface area contributed by atoms with E-state index < -0.39 is 22.8 Å². The minimum Gasteiger partial charge on any atom is -0.480 e. The molecule has 0 fully saturated rings. The van der Waals surface area contributed by atoms with Gasteiger partial charge in [-0.05, 0) is 31.1 Å². The van der Waals surface area contributed by atoms with Crippen LogP contribution in [0, 0.1) is 16.7 Å². The average molecular weight is 314 g/mol. The Kier molecular flexibility index (Phi) is 8.13. The van der Waals surface area contributed by atoms with Crippen LogP contribution in [0.4, 0.5) is 0 Å². The van der Waals surface area contributed by atoms with Gasteiger partial charge in [-0.1, -0.05) is 60.8 Å². The Morgan fingerprint density at radius 1 is 1.05 bits per heavy atom. The fourth-order valence-electron chi connectivity index (χ4n) is 3.26. The Hall–Kier alpha value is -1.06. The Morgan fingerprint density at radius 2 is 1.59 bits per heavy atom. The van der Waals surface area contributed by atoms with E-state index in [4.69, 9.17) is 4.74 Å². The summed E-state index contributed by atoms with van der Waals surface area (Å²) >= 11 is 0. The number of esters is 1. The van der Waals surface area contributed by atoms with Crippen LogP contribution in [0.1, 0.15) is 80.6 Å². The molecule has 0 saturated carbocycles. The molecule has 0 saturated heterocycles. The molecule has 0 rings (SSSR count). The van der Waals surface area contributed by atoms with E-state index >= 15 is 0 Å². The van der Waals surface area contributed by atoms with Crippen LogP contribution in [0.25, 0.3) is 0 Å². The second-order valence-corrected chi connectivity index (χ2v) is 7.58. The zero-order chi connectivity index (χ0) is 17.6. The number of unbranched alkanes of at least 4 members (excludes halogenated alkanes) is 3. The lowest BCUT2D eigenvalue weighted by Gasteiger charge is -2.42. The van der Waals surface area contributed by atoms with Gasteiger partial charge in [0.1, 0.15) is 0 Å².